The van der Waals surface area contributed by atoms with E-state index >= 15 is 0 Å². The minimum atomic E-state index is -4.45. The summed E-state index contributed by atoms with van der Waals surface area (Å²) in [6.07, 6.45) is -2.39. The van der Waals surface area contributed by atoms with E-state index in [4.69, 9.17) is 14.2 Å². The number of hydrogen-bond donors (Lipinski definition) is 0. The Hall–Kier alpha value is -1.86. The lowest BCUT2D eigenvalue weighted by atomic mass is 9.99. The highest BCUT2D eigenvalue weighted by Crippen LogP contribution is 2.33. The largest absolute Gasteiger partial charge is 0.463 e. The molecule has 0 saturated carbocycles. The Labute approximate surface area is 138 Å². The van der Waals surface area contributed by atoms with E-state index < -0.39 is 23.8 Å². The number of benzene rings is 1. The smallest absolute Gasteiger partial charge is 0.416 e. The normalized spacial score (nSPS) is 18.6. The highest BCUT2D eigenvalue weighted by molar-refractivity contribution is 5.87. The number of ether oxygens (including phenoxy) is 3. The lowest BCUT2D eigenvalue weighted by molar-refractivity contribution is -0.138. The Bertz CT molecular complexity index is 606. The predicted molar refractivity (Wildman–Crippen MR) is 81.2 cm³/mol. The van der Waals surface area contributed by atoms with E-state index in [1.54, 1.807) is 13.8 Å². The molecule has 1 aliphatic heterocycles. The van der Waals surface area contributed by atoms with Crippen LogP contribution < -0.4 is 0 Å². The molecule has 1 saturated heterocycles. The lowest BCUT2D eigenvalue weighted by Gasteiger charge is -2.18. The number of carbonyl (C=O) groups excluding carboxylic acids is 1. The number of halogens is 3. The first-order valence-corrected chi connectivity index (χ1v) is 7.60. The first-order chi connectivity index (χ1) is 11.3. The van der Waals surface area contributed by atoms with Gasteiger partial charge in [-0.25, -0.2) is 4.79 Å². The second kappa shape index (κ2) is 7.81. The van der Waals surface area contributed by atoms with Crippen molar-refractivity contribution in [3.05, 3.63) is 41.0 Å². The molecule has 0 spiro atoms. The third-order valence-electron chi connectivity index (χ3n) is 3.47. The number of epoxide rings is 1. The number of alkyl halides is 3. The fraction of sp³-hybridized carbons (Fsp3) is 0.471. The molecule has 7 heteroatoms. The average Bonchev–Trinajstić information content (AvgIpc) is 3.34. The summed E-state index contributed by atoms with van der Waals surface area (Å²) in [4.78, 5) is 11.4. The van der Waals surface area contributed by atoms with Gasteiger partial charge in [-0.15, -0.1) is 0 Å². The molecule has 1 heterocycles. The van der Waals surface area contributed by atoms with Gasteiger partial charge in [0.2, 0.25) is 0 Å². The molecule has 1 fully saturated rings. The van der Waals surface area contributed by atoms with Gasteiger partial charge < -0.3 is 14.2 Å². The van der Waals surface area contributed by atoms with E-state index in [9.17, 15) is 18.0 Å². The lowest BCUT2D eigenvalue weighted by Crippen LogP contribution is -2.11. The third kappa shape index (κ3) is 5.35. The summed E-state index contributed by atoms with van der Waals surface area (Å²) in [7, 11) is 0. The molecule has 1 aliphatic rings. The fourth-order valence-corrected chi connectivity index (χ4v) is 2.11. The van der Waals surface area contributed by atoms with Crippen molar-refractivity contribution in [1.82, 2.24) is 0 Å². The molecule has 1 unspecified atom stereocenters. The van der Waals surface area contributed by atoms with Crippen LogP contribution >= 0.6 is 0 Å². The fourth-order valence-electron chi connectivity index (χ4n) is 2.11. The third-order valence-corrected chi connectivity index (χ3v) is 3.47. The molecule has 0 N–H and O–H groups in total. The Morgan fingerprint density at radius 3 is 2.75 bits per heavy atom. The highest BCUT2D eigenvalue weighted by Gasteiger charge is 2.32. The highest BCUT2D eigenvalue weighted by atomic mass is 19.4. The zero-order valence-corrected chi connectivity index (χ0v) is 13.4. The summed E-state index contributed by atoms with van der Waals surface area (Å²) < 4.78 is 54.2. The van der Waals surface area contributed by atoms with Crippen LogP contribution in [0.25, 0.3) is 6.08 Å². The van der Waals surface area contributed by atoms with Crippen molar-refractivity contribution >= 4 is 12.0 Å². The van der Waals surface area contributed by atoms with Crippen LogP contribution in [0, 0.1) is 0 Å². The van der Waals surface area contributed by atoms with Gasteiger partial charge in [0.05, 0.1) is 31.5 Å². The molecule has 0 aliphatic carbocycles. The van der Waals surface area contributed by atoms with E-state index in [2.05, 4.69) is 0 Å². The molecule has 24 heavy (non-hydrogen) atoms. The predicted octanol–water partition coefficient (Wildman–Crippen LogP) is 3.76. The summed E-state index contributed by atoms with van der Waals surface area (Å²) in [6, 6.07) is 3.34. The summed E-state index contributed by atoms with van der Waals surface area (Å²) in [5.41, 5.74) is 0.0650. The minimum Gasteiger partial charge on any atom is -0.463 e. The van der Waals surface area contributed by atoms with Crippen LogP contribution in [0.5, 0.6) is 0 Å². The van der Waals surface area contributed by atoms with Crippen LogP contribution in [0.15, 0.2) is 24.3 Å². The van der Waals surface area contributed by atoms with Gasteiger partial charge in [-0.2, -0.15) is 13.2 Å². The summed E-state index contributed by atoms with van der Waals surface area (Å²) in [5.74, 6) is -0.553. The minimum absolute atomic E-state index is 0.0109. The van der Waals surface area contributed by atoms with Gasteiger partial charge in [-0.05, 0) is 43.2 Å². The SMILES string of the molecule is CCOC(=O)/C=C/c1ccc(C(F)(F)F)cc1[C@@H](C)OCC1CO1. The van der Waals surface area contributed by atoms with E-state index in [1.807, 2.05) is 0 Å². The molecule has 0 radical (unpaired) electrons. The number of carbonyl (C=O) groups is 1. The molecule has 4 nitrogen and oxygen atoms in total. The first kappa shape index (κ1) is 18.5. The van der Waals surface area contributed by atoms with E-state index in [1.165, 1.54) is 18.2 Å². The Balaban J connectivity index is 2.24. The standard InChI is InChI=1S/C17H19F3O4/c1-3-22-16(21)7-5-12-4-6-13(17(18,19)20)8-15(12)11(2)23-9-14-10-24-14/h4-8,11,14H,3,9-10H2,1-2H3/b7-5+/t11-,14?/m1/s1. The Morgan fingerprint density at radius 2 is 2.17 bits per heavy atom. The number of rotatable bonds is 7. The van der Waals surface area contributed by atoms with Crippen LogP contribution in [-0.2, 0) is 25.2 Å². The molecule has 0 bridgehead atoms. The number of hydrogen-bond acceptors (Lipinski definition) is 4. The Kier molecular flexibility index (Phi) is 6.01. The van der Waals surface area contributed by atoms with Gasteiger partial charge in [0.15, 0.2) is 0 Å². The quantitative estimate of drug-likeness (QED) is 0.429. The van der Waals surface area contributed by atoms with Gasteiger partial charge in [0, 0.05) is 6.08 Å². The Morgan fingerprint density at radius 1 is 1.46 bits per heavy atom. The molecule has 0 amide bonds. The molecule has 2 atom stereocenters. The summed E-state index contributed by atoms with van der Waals surface area (Å²) in [5, 5.41) is 0. The average molecular weight is 344 g/mol. The van der Waals surface area contributed by atoms with Crippen LogP contribution in [-0.4, -0.2) is 31.9 Å². The second-order valence-electron chi connectivity index (χ2n) is 5.36. The maximum absolute atomic E-state index is 12.9. The molecular weight excluding hydrogens is 325 g/mol. The molecular formula is C17H19F3O4. The monoisotopic (exact) mass is 344 g/mol. The topological polar surface area (TPSA) is 48.1 Å². The molecule has 0 aromatic heterocycles. The molecule has 1 aromatic rings. The van der Waals surface area contributed by atoms with Crippen molar-refractivity contribution < 1.29 is 32.2 Å². The van der Waals surface area contributed by atoms with Crippen LogP contribution in [0.2, 0.25) is 0 Å². The maximum Gasteiger partial charge on any atom is 0.416 e. The molecule has 2 rings (SSSR count). The zero-order valence-electron chi connectivity index (χ0n) is 13.4. The molecule has 1 aromatic carbocycles. The van der Waals surface area contributed by atoms with Crippen LogP contribution in [0.3, 0.4) is 0 Å². The van der Waals surface area contributed by atoms with E-state index in [-0.39, 0.29) is 12.7 Å². The van der Waals surface area contributed by atoms with Crippen molar-refractivity contribution in [3.8, 4) is 0 Å². The van der Waals surface area contributed by atoms with Gasteiger partial charge in [0.1, 0.15) is 6.10 Å². The van der Waals surface area contributed by atoms with Gasteiger partial charge in [0.25, 0.3) is 0 Å². The first-order valence-electron chi connectivity index (χ1n) is 7.60. The summed E-state index contributed by atoms with van der Waals surface area (Å²) in [6.45, 7) is 4.48. The van der Waals surface area contributed by atoms with Crippen molar-refractivity contribution in [2.24, 2.45) is 0 Å². The van der Waals surface area contributed by atoms with Crippen molar-refractivity contribution in [3.63, 3.8) is 0 Å². The van der Waals surface area contributed by atoms with E-state index in [0.29, 0.717) is 24.3 Å². The van der Waals surface area contributed by atoms with Gasteiger partial charge in [-0.3, -0.25) is 0 Å². The molecule has 132 valence electrons. The number of esters is 1. The van der Waals surface area contributed by atoms with Crippen molar-refractivity contribution in [2.75, 3.05) is 19.8 Å². The van der Waals surface area contributed by atoms with Gasteiger partial charge in [-0.1, -0.05) is 6.07 Å². The zero-order chi connectivity index (χ0) is 17.7. The van der Waals surface area contributed by atoms with E-state index in [0.717, 1.165) is 12.1 Å². The second-order valence-corrected chi connectivity index (χ2v) is 5.36. The maximum atomic E-state index is 12.9. The van der Waals surface area contributed by atoms with Crippen molar-refractivity contribution in [2.45, 2.75) is 32.2 Å². The van der Waals surface area contributed by atoms with Gasteiger partial charge >= 0.3 is 12.1 Å². The van der Waals surface area contributed by atoms with Crippen LogP contribution in [0.4, 0.5) is 13.2 Å². The van der Waals surface area contributed by atoms with Crippen LogP contribution in [0.1, 0.15) is 36.6 Å². The summed E-state index contributed by atoms with van der Waals surface area (Å²) >= 11 is 0. The van der Waals surface area contributed by atoms with Crippen molar-refractivity contribution in [1.29, 1.82) is 0 Å².